The molecule has 0 radical (unpaired) electrons. The summed E-state index contributed by atoms with van der Waals surface area (Å²) in [4.78, 5) is 17.5. The molecule has 0 bridgehead atoms. The highest BCUT2D eigenvalue weighted by molar-refractivity contribution is 5.84. The van der Waals surface area contributed by atoms with Gasteiger partial charge in [0.1, 0.15) is 0 Å². The largest absolute Gasteiger partial charge is 0.460 e. The topological polar surface area (TPSA) is 55.0 Å². The zero-order valence-electron chi connectivity index (χ0n) is 7.04. The first-order valence-electron chi connectivity index (χ1n) is 4.01. The third-order valence-electron chi connectivity index (χ3n) is 1.42. The normalized spacial score (nSPS) is 9.75. The van der Waals surface area contributed by atoms with Crippen LogP contribution in [0.2, 0.25) is 0 Å². The Bertz CT molecular complexity index is 231. The van der Waals surface area contributed by atoms with Crippen LogP contribution in [0, 0.1) is 0 Å². The van der Waals surface area contributed by atoms with Gasteiger partial charge in [0.05, 0.1) is 6.61 Å². The Morgan fingerprint density at radius 2 is 2.58 bits per heavy atom. The highest BCUT2D eigenvalue weighted by Crippen LogP contribution is 1.95. The van der Waals surface area contributed by atoms with Gasteiger partial charge in [-0.05, 0) is 6.42 Å². The molecule has 0 aliphatic heterocycles. The molecule has 0 aromatic carbocycles. The molecule has 0 atom stereocenters. The molecule has 0 unspecified atom stereocenters. The van der Waals surface area contributed by atoms with Crippen molar-refractivity contribution >= 4 is 5.97 Å². The summed E-state index contributed by atoms with van der Waals surface area (Å²) >= 11 is 0. The number of ether oxygens (including phenoxy) is 1. The lowest BCUT2D eigenvalue weighted by Crippen LogP contribution is -2.07. The number of nitrogens with one attached hydrogen (secondary N) is 1. The van der Waals surface area contributed by atoms with Crippen molar-refractivity contribution in [3.8, 4) is 0 Å². The molecule has 0 aliphatic carbocycles. The maximum atomic E-state index is 11.1. The van der Waals surface area contributed by atoms with Gasteiger partial charge in [0.2, 0.25) is 5.82 Å². The molecule has 0 amide bonds. The molecule has 1 rings (SSSR count). The molecule has 1 N–H and O–H groups in total. The van der Waals surface area contributed by atoms with Crippen LogP contribution in [0.5, 0.6) is 0 Å². The fourth-order valence-electron chi connectivity index (χ4n) is 0.754. The number of rotatable bonds is 4. The van der Waals surface area contributed by atoms with Gasteiger partial charge in [-0.2, -0.15) is 0 Å². The summed E-state index contributed by atoms with van der Waals surface area (Å²) in [6, 6.07) is 0. The van der Waals surface area contributed by atoms with Gasteiger partial charge >= 0.3 is 5.97 Å². The molecule has 1 aromatic rings. The number of hydrogen-bond donors (Lipinski definition) is 1. The second-order valence-corrected chi connectivity index (χ2v) is 2.43. The van der Waals surface area contributed by atoms with Crippen LogP contribution in [-0.4, -0.2) is 22.5 Å². The average molecular weight is 168 g/mol. The van der Waals surface area contributed by atoms with Gasteiger partial charge < -0.3 is 9.72 Å². The van der Waals surface area contributed by atoms with E-state index in [1.807, 2.05) is 6.92 Å². The maximum Gasteiger partial charge on any atom is 0.374 e. The zero-order chi connectivity index (χ0) is 8.81. The molecular formula is C8H12N2O2. The van der Waals surface area contributed by atoms with E-state index >= 15 is 0 Å². The van der Waals surface area contributed by atoms with E-state index in [2.05, 4.69) is 9.97 Å². The van der Waals surface area contributed by atoms with Crippen LogP contribution in [0.1, 0.15) is 30.4 Å². The quantitative estimate of drug-likeness (QED) is 0.545. The van der Waals surface area contributed by atoms with Gasteiger partial charge in [0.15, 0.2) is 0 Å². The highest BCUT2D eigenvalue weighted by Gasteiger charge is 2.07. The second-order valence-electron chi connectivity index (χ2n) is 2.43. The van der Waals surface area contributed by atoms with Crippen LogP contribution in [-0.2, 0) is 4.74 Å². The summed E-state index contributed by atoms with van der Waals surface area (Å²) < 4.78 is 4.89. The molecule has 0 saturated carbocycles. The molecule has 1 aromatic heterocycles. The third kappa shape index (κ3) is 2.38. The lowest BCUT2D eigenvalue weighted by Gasteiger charge is -1.99. The fraction of sp³-hybridized carbons (Fsp3) is 0.500. The van der Waals surface area contributed by atoms with Crippen LogP contribution < -0.4 is 0 Å². The molecule has 12 heavy (non-hydrogen) atoms. The van der Waals surface area contributed by atoms with Crippen molar-refractivity contribution in [2.24, 2.45) is 0 Å². The number of carbonyl (C=O) groups excluding carboxylic acids is 1. The molecule has 1 heterocycles. The maximum absolute atomic E-state index is 11.1. The van der Waals surface area contributed by atoms with Gasteiger partial charge in [0.25, 0.3) is 0 Å². The molecular weight excluding hydrogens is 156 g/mol. The zero-order valence-corrected chi connectivity index (χ0v) is 7.04. The molecule has 0 spiro atoms. The predicted octanol–water partition coefficient (Wildman–Crippen LogP) is 1.37. The Morgan fingerprint density at radius 1 is 1.75 bits per heavy atom. The van der Waals surface area contributed by atoms with E-state index in [1.165, 1.54) is 6.20 Å². The standard InChI is InChI=1S/C8H12N2O2/c1-2-3-6-12-8(11)7-9-4-5-10-7/h4-5H,2-3,6H2,1H3,(H,9,10). The van der Waals surface area contributed by atoms with Crippen molar-refractivity contribution in [1.29, 1.82) is 0 Å². The van der Waals surface area contributed by atoms with E-state index < -0.39 is 0 Å². The number of unbranched alkanes of at least 4 members (excludes halogenated alkanes) is 1. The van der Waals surface area contributed by atoms with Crippen LogP contribution in [0.25, 0.3) is 0 Å². The van der Waals surface area contributed by atoms with Gasteiger partial charge in [0, 0.05) is 12.4 Å². The van der Waals surface area contributed by atoms with E-state index in [-0.39, 0.29) is 11.8 Å². The van der Waals surface area contributed by atoms with Crippen LogP contribution in [0.15, 0.2) is 12.4 Å². The summed E-state index contributed by atoms with van der Waals surface area (Å²) in [5, 5.41) is 0. The molecule has 0 aliphatic rings. The summed E-state index contributed by atoms with van der Waals surface area (Å²) in [5.41, 5.74) is 0. The first-order valence-corrected chi connectivity index (χ1v) is 4.01. The molecule has 0 fully saturated rings. The Labute approximate surface area is 71.0 Å². The Balaban J connectivity index is 2.30. The molecule has 0 saturated heterocycles. The van der Waals surface area contributed by atoms with E-state index in [0.717, 1.165) is 12.8 Å². The number of H-pyrrole nitrogens is 1. The molecule has 4 heteroatoms. The van der Waals surface area contributed by atoms with Crippen LogP contribution in [0.3, 0.4) is 0 Å². The predicted molar refractivity (Wildman–Crippen MR) is 43.8 cm³/mol. The van der Waals surface area contributed by atoms with Gasteiger partial charge in [-0.1, -0.05) is 13.3 Å². The monoisotopic (exact) mass is 168 g/mol. The Hall–Kier alpha value is -1.32. The van der Waals surface area contributed by atoms with Gasteiger partial charge in [-0.3, -0.25) is 0 Å². The number of aromatic nitrogens is 2. The highest BCUT2D eigenvalue weighted by atomic mass is 16.5. The van der Waals surface area contributed by atoms with Crippen LogP contribution in [0.4, 0.5) is 0 Å². The average Bonchev–Trinajstić information content (AvgIpc) is 2.56. The third-order valence-corrected chi connectivity index (χ3v) is 1.42. The number of esters is 1. The van der Waals surface area contributed by atoms with Crippen molar-refractivity contribution < 1.29 is 9.53 Å². The van der Waals surface area contributed by atoms with Crippen molar-refractivity contribution in [1.82, 2.24) is 9.97 Å². The summed E-state index contributed by atoms with van der Waals surface area (Å²) in [6.07, 6.45) is 5.03. The number of imidazole rings is 1. The van der Waals surface area contributed by atoms with E-state index in [4.69, 9.17) is 4.74 Å². The fourth-order valence-corrected chi connectivity index (χ4v) is 0.754. The van der Waals surface area contributed by atoms with Gasteiger partial charge in [-0.15, -0.1) is 0 Å². The summed E-state index contributed by atoms with van der Waals surface area (Å²) in [7, 11) is 0. The number of carbonyl (C=O) groups is 1. The minimum atomic E-state index is -0.381. The van der Waals surface area contributed by atoms with Crippen molar-refractivity contribution in [2.45, 2.75) is 19.8 Å². The minimum absolute atomic E-state index is 0.270. The second kappa shape index (κ2) is 4.54. The molecule has 4 nitrogen and oxygen atoms in total. The van der Waals surface area contributed by atoms with E-state index in [1.54, 1.807) is 6.20 Å². The van der Waals surface area contributed by atoms with Gasteiger partial charge in [-0.25, -0.2) is 9.78 Å². The smallest absolute Gasteiger partial charge is 0.374 e. The van der Waals surface area contributed by atoms with E-state index in [0.29, 0.717) is 6.61 Å². The lowest BCUT2D eigenvalue weighted by molar-refractivity contribution is 0.0486. The van der Waals surface area contributed by atoms with Crippen molar-refractivity contribution in [3.05, 3.63) is 18.2 Å². The Kier molecular flexibility index (Phi) is 3.32. The summed E-state index contributed by atoms with van der Waals surface area (Å²) in [5.74, 6) is -0.112. The van der Waals surface area contributed by atoms with Crippen LogP contribution >= 0.6 is 0 Å². The lowest BCUT2D eigenvalue weighted by atomic mass is 10.4. The number of hydrogen-bond acceptors (Lipinski definition) is 3. The van der Waals surface area contributed by atoms with Crippen molar-refractivity contribution in [2.75, 3.05) is 6.61 Å². The van der Waals surface area contributed by atoms with Crippen molar-refractivity contribution in [3.63, 3.8) is 0 Å². The first-order chi connectivity index (χ1) is 5.84. The first kappa shape index (κ1) is 8.77. The number of nitrogens with zero attached hydrogens (tertiary/aromatic N) is 1. The number of aromatic amines is 1. The minimum Gasteiger partial charge on any atom is -0.460 e. The molecule has 66 valence electrons. The Morgan fingerprint density at radius 3 is 3.17 bits per heavy atom. The summed E-state index contributed by atoms with van der Waals surface area (Å²) in [6.45, 7) is 2.51. The SMILES string of the molecule is CCCCOC(=O)c1ncc[nH]1. The van der Waals surface area contributed by atoms with E-state index in [9.17, 15) is 4.79 Å².